The summed E-state index contributed by atoms with van der Waals surface area (Å²) in [6, 6.07) is 2.71. The molecule has 3 nitrogen and oxygen atoms in total. The van der Waals surface area contributed by atoms with Gasteiger partial charge in [0.05, 0.1) is 21.3 Å². The van der Waals surface area contributed by atoms with Crippen molar-refractivity contribution in [2.45, 2.75) is 12.8 Å². The lowest BCUT2D eigenvalue weighted by Crippen LogP contribution is -2.13. The maximum atomic E-state index is 13.5. The van der Waals surface area contributed by atoms with Gasteiger partial charge in [-0.05, 0) is 12.1 Å². The number of rotatable bonds is 3. The van der Waals surface area contributed by atoms with Crippen LogP contribution >= 0.6 is 34.8 Å². The van der Waals surface area contributed by atoms with Gasteiger partial charge in [-0.3, -0.25) is 0 Å². The molecule has 0 bridgehead atoms. The van der Waals surface area contributed by atoms with Crippen molar-refractivity contribution in [1.82, 2.24) is 4.98 Å². The first kappa shape index (κ1) is 16.1. The Morgan fingerprint density at radius 2 is 1.76 bits per heavy atom. The highest BCUT2D eigenvalue weighted by atomic mass is 35.5. The van der Waals surface area contributed by atoms with E-state index in [9.17, 15) is 18.7 Å². The summed E-state index contributed by atoms with van der Waals surface area (Å²) >= 11 is 17.8. The van der Waals surface area contributed by atoms with Gasteiger partial charge in [0.2, 0.25) is 0 Å². The molecule has 0 atom stereocenters. The van der Waals surface area contributed by atoms with E-state index in [1.165, 1.54) is 12.1 Å². The lowest BCUT2D eigenvalue weighted by Gasteiger charge is -2.11. The summed E-state index contributed by atoms with van der Waals surface area (Å²) in [4.78, 5) is 13.6. The number of aromatic nitrogens is 1. The summed E-state index contributed by atoms with van der Waals surface area (Å²) in [6.07, 6.45) is 1.14. The molecule has 0 aliphatic heterocycles. The average Bonchev–Trinajstić information content (AvgIpc) is 2.71. The number of aromatic amines is 1. The smallest absolute Gasteiger partial charge is 0.338 e. The highest BCUT2D eigenvalue weighted by molar-refractivity contribution is 6.42. The molecule has 2 N–H and O–H groups in total. The van der Waals surface area contributed by atoms with Crippen molar-refractivity contribution in [2.24, 2.45) is 0 Å². The van der Waals surface area contributed by atoms with E-state index in [0.717, 1.165) is 6.20 Å². The Labute approximate surface area is 133 Å². The number of hydrogen-bond donors (Lipinski definition) is 2. The molecule has 1 aromatic heterocycles. The molecule has 0 saturated heterocycles. The third kappa shape index (κ3) is 3.00. The SMILES string of the molecule is CC(F)(F)c1[nH]cc(-c2c(Cl)cc(Cl)cc2Cl)c1C(=O)O. The second-order valence-electron chi connectivity index (χ2n) is 4.39. The summed E-state index contributed by atoms with van der Waals surface area (Å²) in [6.45, 7) is 0.597. The second-order valence-corrected chi connectivity index (χ2v) is 5.64. The van der Waals surface area contributed by atoms with E-state index < -0.39 is 23.1 Å². The van der Waals surface area contributed by atoms with Gasteiger partial charge in [0.25, 0.3) is 5.92 Å². The first-order valence-corrected chi connectivity index (χ1v) is 6.74. The highest BCUT2D eigenvalue weighted by Gasteiger charge is 2.34. The van der Waals surface area contributed by atoms with Crippen LogP contribution in [0.3, 0.4) is 0 Å². The number of carboxylic acid groups (broad SMARTS) is 1. The maximum absolute atomic E-state index is 13.5. The van der Waals surface area contributed by atoms with Gasteiger partial charge < -0.3 is 10.1 Å². The zero-order chi connectivity index (χ0) is 15.9. The van der Waals surface area contributed by atoms with Crippen molar-refractivity contribution in [3.8, 4) is 11.1 Å². The fourth-order valence-corrected chi connectivity index (χ4v) is 3.01. The van der Waals surface area contributed by atoms with Crippen molar-refractivity contribution in [3.05, 3.63) is 44.7 Å². The van der Waals surface area contributed by atoms with E-state index in [2.05, 4.69) is 4.98 Å². The number of hydrogen-bond acceptors (Lipinski definition) is 1. The minimum Gasteiger partial charge on any atom is -0.478 e. The quantitative estimate of drug-likeness (QED) is 0.770. The predicted octanol–water partition coefficient (Wildman–Crippen LogP) is 5.45. The number of carbonyl (C=O) groups is 1. The van der Waals surface area contributed by atoms with Crippen LogP contribution in [0.15, 0.2) is 18.3 Å². The van der Waals surface area contributed by atoms with E-state index >= 15 is 0 Å². The highest BCUT2D eigenvalue weighted by Crippen LogP contribution is 2.42. The first-order valence-electron chi connectivity index (χ1n) is 5.60. The van der Waals surface area contributed by atoms with E-state index in [1.54, 1.807) is 0 Å². The molecule has 0 unspecified atom stereocenters. The lowest BCUT2D eigenvalue weighted by atomic mass is 10.0. The van der Waals surface area contributed by atoms with Gasteiger partial charge in [-0.2, -0.15) is 8.78 Å². The predicted molar refractivity (Wildman–Crippen MR) is 77.8 cm³/mol. The third-order valence-corrected chi connectivity index (χ3v) is 3.62. The Kier molecular flexibility index (Phi) is 4.19. The maximum Gasteiger partial charge on any atom is 0.338 e. The minimum absolute atomic E-state index is 0.0225. The molecule has 0 spiro atoms. The molecule has 8 heteroatoms. The Morgan fingerprint density at radius 3 is 2.19 bits per heavy atom. The number of aromatic carboxylic acids is 1. The molecule has 0 aliphatic rings. The summed E-state index contributed by atoms with van der Waals surface area (Å²) in [5, 5.41) is 9.62. The monoisotopic (exact) mass is 353 g/mol. The largest absolute Gasteiger partial charge is 0.478 e. The molecule has 0 amide bonds. The average molecular weight is 355 g/mol. The fourth-order valence-electron chi connectivity index (χ4n) is 1.99. The molecule has 1 aromatic carbocycles. The number of H-pyrrole nitrogens is 1. The second kappa shape index (κ2) is 5.48. The van der Waals surface area contributed by atoms with Crippen LogP contribution in [-0.2, 0) is 5.92 Å². The van der Waals surface area contributed by atoms with Gasteiger partial charge in [-0.1, -0.05) is 34.8 Å². The minimum atomic E-state index is -3.35. The molecule has 21 heavy (non-hydrogen) atoms. The van der Waals surface area contributed by atoms with Crippen LogP contribution in [0.5, 0.6) is 0 Å². The topological polar surface area (TPSA) is 53.1 Å². The van der Waals surface area contributed by atoms with Crippen molar-refractivity contribution in [2.75, 3.05) is 0 Å². The van der Waals surface area contributed by atoms with Crippen LogP contribution in [0, 0.1) is 0 Å². The fraction of sp³-hybridized carbons (Fsp3) is 0.154. The summed E-state index contributed by atoms with van der Waals surface area (Å²) in [5.74, 6) is -4.86. The van der Waals surface area contributed by atoms with Crippen molar-refractivity contribution >= 4 is 40.8 Å². The molecule has 2 aromatic rings. The van der Waals surface area contributed by atoms with Gasteiger partial charge >= 0.3 is 5.97 Å². The molecule has 0 fully saturated rings. The van der Waals surface area contributed by atoms with Gasteiger partial charge in [0.15, 0.2) is 0 Å². The lowest BCUT2D eigenvalue weighted by molar-refractivity contribution is 0.0113. The molecule has 0 radical (unpaired) electrons. The third-order valence-electron chi connectivity index (χ3n) is 2.81. The molecular formula is C13H8Cl3F2NO2. The Morgan fingerprint density at radius 1 is 1.24 bits per heavy atom. The van der Waals surface area contributed by atoms with Gasteiger partial charge in [-0.15, -0.1) is 0 Å². The van der Waals surface area contributed by atoms with Crippen molar-refractivity contribution < 1.29 is 18.7 Å². The normalized spacial score (nSPS) is 11.7. The number of alkyl halides is 2. The number of nitrogens with one attached hydrogen (secondary N) is 1. The summed E-state index contributed by atoms with van der Waals surface area (Å²) < 4.78 is 27.0. The molecule has 112 valence electrons. The Hall–Kier alpha value is -1.30. The zero-order valence-electron chi connectivity index (χ0n) is 10.5. The van der Waals surface area contributed by atoms with Crippen molar-refractivity contribution in [3.63, 3.8) is 0 Å². The summed E-state index contributed by atoms with van der Waals surface area (Å²) in [7, 11) is 0. The molecule has 1 heterocycles. The zero-order valence-corrected chi connectivity index (χ0v) is 12.7. The van der Waals surface area contributed by atoms with Crippen LogP contribution in [-0.4, -0.2) is 16.1 Å². The number of halogens is 5. The van der Waals surface area contributed by atoms with Crippen molar-refractivity contribution in [1.29, 1.82) is 0 Å². The van der Waals surface area contributed by atoms with Gasteiger partial charge in [-0.25, -0.2) is 4.79 Å². The Balaban J connectivity index is 2.78. The molecular weight excluding hydrogens is 347 g/mol. The van der Waals surface area contributed by atoms with Crippen LogP contribution in [0.25, 0.3) is 11.1 Å². The number of carboxylic acids is 1. The van der Waals surface area contributed by atoms with Crippen LogP contribution in [0.4, 0.5) is 8.78 Å². The van der Waals surface area contributed by atoms with Crippen LogP contribution in [0.2, 0.25) is 15.1 Å². The van der Waals surface area contributed by atoms with Crippen LogP contribution in [0.1, 0.15) is 23.0 Å². The summed E-state index contributed by atoms with van der Waals surface area (Å²) in [5.41, 5.74) is -1.18. The molecule has 0 saturated carbocycles. The van der Waals surface area contributed by atoms with E-state index in [-0.39, 0.29) is 26.2 Å². The molecule has 0 aliphatic carbocycles. The first-order chi connectivity index (χ1) is 9.62. The number of benzene rings is 1. The van der Waals surface area contributed by atoms with Gasteiger partial charge in [0.1, 0.15) is 0 Å². The molecule has 2 rings (SSSR count). The van der Waals surface area contributed by atoms with Gasteiger partial charge in [0, 0.05) is 29.3 Å². The standard InChI is InChI=1S/C13H8Cl3F2NO2/c1-13(17,18)11-10(12(20)21)6(4-19-11)9-7(15)2-5(14)3-8(9)16/h2-4,19H,1H3,(H,20,21). The van der Waals surface area contributed by atoms with Crippen LogP contribution < -0.4 is 0 Å². The van der Waals surface area contributed by atoms with E-state index in [1.807, 2.05) is 0 Å². The van der Waals surface area contributed by atoms with E-state index in [4.69, 9.17) is 34.8 Å². The van der Waals surface area contributed by atoms with E-state index in [0.29, 0.717) is 6.92 Å². The Bertz CT molecular complexity index is 700.